The Balaban J connectivity index is 1.41. The summed E-state index contributed by atoms with van der Waals surface area (Å²) in [5, 5.41) is 1.01. The second-order valence-corrected chi connectivity index (χ2v) is 7.37. The summed E-state index contributed by atoms with van der Waals surface area (Å²) >= 11 is 0. The summed E-state index contributed by atoms with van der Waals surface area (Å²) in [6, 6.07) is 13.7. The summed E-state index contributed by atoms with van der Waals surface area (Å²) in [5.74, 6) is -0.0641. The van der Waals surface area contributed by atoms with E-state index in [-0.39, 0.29) is 23.9 Å². The molecule has 0 radical (unpaired) electrons. The van der Waals surface area contributed by atoms with Crippen LogP contribution in [-0.2, 0) is 11.3 Å². The highest BCUT2D eigenvalue weighted by molar-refractivity contribution is 5.94. The Kier molecular flexibility index (Phi) is 5.70. The van der Waals surface area contributed by atoms with E-state index >= 15 is 0 Å². The number of amides is 2. The summed E-state index contributed by atoms with van der Waals surface area (Å²) in [6.45, 7) is 2.14. The van der Waals surface area contributed by atoms with Crippen molar-refractivity contribution in [2.45, 2.75) is 13.0 Å². The van der Waals surface area contributed by atoms with Crippen molar-refractivity contribution >= 4 is 22.7 Å². The van der Waals surface area contributed by atoms with Crippen molar-refractivity contribution in [1.82, 2.24) is 14.4 Å². The van der Waals surface area contributed by atoms with Gasteiger partial charge in [0.2, 0.25) is 5.91 Å². The molecule has 1 aliphatic rings. The van der Waals surface area contributed by atoms with E-state index in [0.717, 1.165) is 16.7 Å². The summed E-state index contributed by atoms with van der Waals surface area (Å²) < 4.78 is 21.1. The molecule has 1 aromatic heterocycles. The number of nitrogens with zero attached hydrogens (tertiary/aromatic N) is 3. The van der Waals surface area contributed by atoms with Crippen molar-refractivity contribution in [1.29, 1.82) is 0 Å². The highest BCUT2D eigenvalue weighted by Crippen LogP contribution is 2.22. The van der Waals surface area contributed by atoms with Gasteiger partial charge in [0.1, 0.15) is 18.1 Å². The molecule has 1 saturated heterocycles. The van der Waals surface area contributed by atoms with Crippen molar-refractivity contribution in [3.05, 3.63) is 66.1 Å². The van der Waals surface area contributed by atoms with Crippen molar-refractivity contribution in [2.24, 2.45) is 0 Å². The minimum absolute atomic E-state index is 0.00325. The van der Waals surface area contributed by atoms with Gasteiger partial charge < -0.3 is 19.1 Å². The van der Waals surface area contributed by atoms with E-state index in [9.17, 15) is 14.0 Å². The number of halogens is 1. The fraction of sp³-hybridized carbons (Fsp3) is 0.304. The molecule has 6 nitrogen and oxygen atoms in total. The lowest BCUT2D eigenvalue weighted by molar-refractivity contribution is -0.131. The van der Waals surface area contributed by atoms with Crippen LogP contribution < -0.4 is 4.74 Å². The monoisotopic (exact) mass is 409 g/mol. The molecule has 1 aliphatic heterocycles. The summed E-state index contributed by atoms with van der Waals surface area (Å²) in [6.07, 6.45) is 2.56. The van der Waals surface area contributed by atoms with Gasteiger partial charge in [-0.25, -0.2) is 4.39 Å². The average Bonchev–Trinajstić information content (AvgIpc) is 2.98. The Hall–Kier alpha value is -3.35. The zero-order valence-corrected chi connectivity index (χ0v) is 16.9. The molecule has 0 unspecified atom stereocenters. The molecular weight excluding hydrogens is 385 g/mol. The molecule has 30 heavy (non-hydrogen) atoms. The molecular formula is C23H24FN3O3. The number of aromatic nitrogens is 1. The van der Waals surface area contributed by atoms with E-state index in [0.29, 0.717) is 32.6 Å². The second-order valence-electron chi connectivity index (χ2n) is 7.37. The number of carbonyl (C=O) groups excluding carboxylic acids is 2. The molecule has 0 N–H and O–H groups in total. The lowest BCUT2D eigenvalue weighted by Crippen LogP contribution is -2.38. The first-order valence-electron chi connectivity index (χ1n) is 10.0. The third kappa shape index (κ3) is 4.01. The Bertz CT molecular complexity index is 1080. The lowest BCUT2D eigenvalue weighted by atomic mass is 10.2. The minimum Gasteiger partial charge on any atom is -0.497 e. The van der Waals surface area contributed by atoms with Gasteiger partial charge in [-0.15, -0.1) is 0 Å². The molecule has 0 saturated carbocycles. The Labute approximate surface area is 174 Å². The fourth-order valence-corrected chi connectivity index (χ4v) is 3.86. The van der Waals surface area contributed by atoms with E-state index < -0.39 is 5.82 Å². The second kappa shape index (κ2) is 8.57. The van der Waals surface area contributed by atoms with Gasteiger partial charge in [0, 0.05) is 43.3 Å². The number of carbonyl (C=O) groups is 2. The first-order chi connectivity index (χ1) is 14.6. The first-order valence-corrected chi connectivity index (χ1v) is 10.0. The van der Waals surface area contributed by atoms with E-state index in [1.54, 1.807) is 29.0 Å². The number of rotatable bonds is 4. The van der Waals surface area contributed by atoms with Gasteiger partial charge >= 0.3 is 0 Å². The molecule has 156 valence electrons. The van der Waals surface area contributed by atoms with Gasteiger partial charge in [-0.3, -0.25) is 9.59 Å². The van der Waals surface area contributed by atoms with Crippen LogP contribution in [0.25, 0.3) is 10.9 Å². The van der Waals surface area contributed by atoms with Crippen LogP contribution >= 0.6 is 0 Å². The van der Waals surface area contributed by atoms with Gasteiger partial charge in [0.15, 0.2) is 0 Å². The van der Waals surface area contributed by atoms with Crippen LogP contribution in [0.4, 0.5) is 4.39 Å². The first kappa shape index (κ1) is 19.9. The van der Waals surface area contributed by atoms with Crippen LogP contribution in [0, 0.1) is 5.82 Å². The van der Waals surface area contributed by atoms with E-state index in [4.69, 9.17) is 4.74 Å². The summed E-state index contributed by atoms with van der Waals surface area (Å²) in [5.41, 5.74) is 1.04. The van der Waals surface area contributed by atoms with Crippen LogP contribution in [-0.4, -0.2) is 59.5 Å². The Morgan fingerprint density at radius 1 is 1.00 bits per heavy atom. The molecule has 0 atom stereocenters. The smallest absolute Gasteiger partial charge is 0.256 e. The van der Waals surface area contributed by atoms with E-state index in [2.05, 4.69) is 0 Å². The van der Waals surface area contributed by atoms with E-state index in [1.165, 1.54) is 12.1 Å². The molecule has 2 heterocycles. The van der Waals surface area contributed by atoms with Gasteiger partial charge in [0.05, 0.1) is 12.7 Å². The topological polar surface area (TPSA) is 54.8 Å². The maximum absolute atomic E-state index is 14.0. The number of hydrogen-bond donors (Lipinski definition) is 0. The molecule has 0 aliphatic carbocycles. The molecule has 2 amide bonds. The number of fused-ring (bicyclic) bond motifs is 1. The van der Waals surface area contributed by atoms with Crippen molar-refractivity contribution < 1.29 is 18.7 Å². The molecule has 0 spiro atoms. The Morgan fingerprint density at radius 2 is 1.77 bits per heavy atom. The van der Waals surface area contributed by atoms with E-state index in [1.807, 2.05) is 35.0 Å². The standard InChI is InChI=1S/C23H24FN3O3/c1-30-18-7-8-21-17(15-18)9-12-27(21)16-22(28)25-10-4-11-26(14-13-25)23(29)19-5-2-3-6-20(19)24/h2-3,5-9,12,15H,4,10-11,13-14,16H2,1H3. The van der Waals surface area contributed by atoms with Gasteiger partial charge in [-0.2, -0.15) is 0 Å². The quantitative estimate of drug-likeness (QED) is 0.665. The number of methoxy groups -OCH3 is 1. The largest absolute Gasteiger partial charge is 0.497 e. The summed E-state index contributed by atoms with van der Waals surface area (Å²) in [4.78, 5) is 29.0. The third-order valence-corrected chi connectivity index (χ3v) is 5.52. The number of ether oxygens (including phenoxy) is 1. The SMILES string of the molecule is COc1ccc2c(ccn2CC(=O)N2CCCN(C(=O)c3ccccc3F)CC2)c1. The van der Waals surface area contributed by atoms with Gasteiger partial charge in [-0.1, -0.05) is 12.1 Å². The third-order valence-electron chi connectivity index (χ3n) is 5.52. The van der Waals surface area contributed by atoms with Gasteiger partial charge in [-0.05, 0) is 42.8 Å². The highest BCUT2D eigenvalue weighted by atomic mass is 19.1. The normalized spacial score (nSPS) is 14.6. The molecule has 2 aromatic carbocycles. The van der Waals surface area contributed by atoms with Crippen LogP contribution in [0.5, 0.6) is 5.75 Å². The Morgan fingerprint density at radius 3 is 2.57 bits per heavy atom. The predicted octanol–water partition coefficient (Wildman–Crippen LogP) is 3.16. The maximum atomic E-state index is 14.0. The lowest BCUT2D eigenvalue weighted by Gasteiger charge is -2.23. The van der Waals surface area contributed by atoms with Crippen molar-refractivity contribution in [3.63, 3.8) is 0 Å². The van der Waals surface area contributed by atoms with Crippen LogP contribution in [0.15, 0.2) is 54.7 Å². The molecule has 1 fully saturated rings. The van der Waals surface area contributed by atoms with Crippen LogP contribution in [0.1, 0.15) is 16.8 Å². The molecule has 4 rings (SSSR count). The maximum Gasteiger partial charge on any atom is 0.256 e. The fourth-order valence-electron chi connectivity index (χ4n) is 3.86. The zero-order chi connectivity index (χ0) is 21.1. The van der Waals surface area contributed by atoms with Gasteiger partial charge in [0.25, 0.3) is 5.91 Å². The van der Waals surface area contributed by atoms with Crippen LogP contribution in [0.3, 0.4) is 0 Å². The highest BCUT2D eigenvalue weighted by Gasteiger charge is 2.24. The van der Waals surface area contributed by atoms with Crippen molar-refractivity contribution in [3.8, 4) is 5.75 Å². The van der Waals surface area contributed by atoms with Crippen LogP contribution in [0.2, 0.25) is 0 Å². The van der Waals surface area contributed by atoms with Crippen molar-refractivity contribution in [2.75, 3.05) is 33.3 Å². The molecule has 3 aromatic rings. The minimum atomic E-state index is -0.518. The number of hydrogen-bond acceptors (Lipinski definition) is 3. The summed E-state index contributed by atoms with van der Waals surface area (Å²) in [7, 11) is 1.63. The molecule has 7 heteroatoms. The number of benzene rings is 2. The predicted molar refractivity (Wildman–Crippen MR) is 112 cm³/mol. The molecule has 0 bridgehead atoms. The zero-order valence-electron chi connectivity index (χ0n) is 16.9. The average molecular weight is 409 g/mol.